The van der Waals surface area contributed by atoms with E-state index in [9.17, 15) is 19.7 Å². The molecule has 10 heteroatoms. The first-order chi connectivity index (χ1) is 16.6. The number of nitrogens with one attached hydrogen (secondary N) is 2. The summed E-state index contributed by atoms with van der Waals surface area (Å²) in [7, 11) is 0. The van der Waals surface area contributed by atoms with Crippen molar-refractivity contribution in [2.24, 2.45) is 5.92 Å². The first kappa shape index (κ1) is 25.8. The number of nitrogens with zero attached hydrogens (tertiary/aromatic N) is 2. The molecule has 0 radical (unpaired) electrons. The van der Waals surface area contributed by atoms with E-state index in [0.717, 1.165) is 11.3 Å². The van der Waals surface area contributed by atoms with E-state index < -0.39 is 22.8 Å². The molecule has 1 heterocycles. The zero-order valence-corrected chi connectivity index (χ0v) is 20.8. The lowest BCUT2D eigenvalue weighted by molar-refractivity contribution is -0.384. The number of allylic oxidation sites excluding steroid dienone is 1. The van der Waals surface area contributed by atoms with Gasteiger partial charge in [-0.3, -0.25) is 14.9 Å². The summed E-state index contributed by atoms with van der Waals surface area (Å²) in [5, 5.41) is 17.4. The topological polar surface area (TPSA) is 114 Å². The van der Waals surface area contributed by atoms with Crippen molar-refractivity contribution < 1.29 is 19.2 Å². The number of rotatable bonds is 8. The SMILES string of the molecule is CCN1C(=S)N[C@@H](c2cccc(NC(=O)c3ccc([N+](=O)[O-])cc3)c2)C(C(=O)OCC(C)C)=C1C. The highest BCUT2D eigenvalue weighted by Crippen LogP contribution is 2.32. The van der Waals surface area contributed by atoms with Crippen LogP contribution in [0.3, 0.4) is 0 Å². The van der Waals surface area contributed by atoms with Crippen LogP contribution in [0.5, 0.6) is 0 Å². The van der Waals surface area contributed by atoms with E-state index >= 15 is 0 Å². The number of nitro groups is 1. The van der Waals surface area contributed by atoms with Crippen molar-refractivity contribution in [2.45, 2.75) is 33.7 Å². The fraction of sp³-hybridized carbons (Fsp3) is 0.320. The molecular formula is C25H28N4O5S. The summed E-state index contributed by atoms with van der Waals surface area (Å²) < 4.78 is 5.55. The van der Waals surface area contributed by atoms with E-state index in [1.807, 2.05) is 38.7 Å². The fourth-order valence-electron chi connectivity index (χ4n) is 3.73. The molecule has 0 saturated heterocycles. The van der Waals surface area contributed by atoms with Gasteiger partial charge in [-0.25, -0.2) is 4.79 Å². The molecule has 184 valence electrons. The molecule has 0 unspecified atom stereocenters. The average molecular weight is 497 g/mol. The Kier molecular flexibility index (Phi) is 8.18. The lowest BCUT2D eigenvalue weighted by atomic mass is 9.94. The molecule has 0 saturated carbocycles. The van der Waals surface area contributed by atoms with Crippen LogP contribution in [0, 0.1) is 16.0 Å². The Morgan fingerprint density at radius 3 is 2.51 bits per heavy atom. The number of hydrogen-bond donors (Lipinski definition) is 2. The number of hydrogen-bond acceptors (Lipinski definition) is 6. The van der Waals surface area contributed by atoms with Crippen LogP contribution in [-0.2, 0) is 9.53 Å². The highest BCUT2D eigenvalue weighted by molar-refractivity contribution is 7.80. The van der Waals surface area contributed by atoms with Crippen LogP contribution >= 0.6 is 12.2 Å². The number of non-ortho nitro benzene ring substituents is 1. The van der Waals surface area contributed by atoms with Crippen molar-refractivity contribution in [1.82, 2.24) is 10.2 Å². The molecule has 1 aliphatic heterocycles. The average Bonchev–Trinajstić information content (AvgIpc) is 2.82. The maximum atomic E-state index is 13.1. The first-order valence-electron chi connectivity index (χ1n) is 11.2. The number of nitro benzene ring substituents is 1. The maximum absolute atomic E-state index is 13.1. The Bertz CT molecular complexity index is 1180. The van der Waals surface area contributed by atoms with Crippen LogP contribution < -0.4 is 10.6 Å². The number of amides is 1. The van der Waals surface area contributed by atoms with Crippen LogP contribution in [0.1, 0.15) is 49.7 Å². The molecule has 1 amide bonds. The summed E-state index contributed by atoms with van der Waals surface area (Å²) in [6.07, 6.45) is 0. The van der Waals surface area contributed by atoms with E-state index in [2.05, 4.69) is 10.6 Å². The van der Waals surface area contributed by atoms with E-state index in [1.165, 1.54) is 24.3 Å². The van der Waals surface area contributed by atoms with E-state index in [-0.39, 0.29) is 17.2 Å². The van der Waals surface area contributed by atoms with Gasteiger partial charge in [-0.15, -0.1) is 0 Å². The number of ether oxygens (including phenoxy) is 1. The van der Waals surface area contributed by atoms with Gasteiger partial charge in [0.15, 0.2) is 5.11 Å². The Hall–Kier alpha value is -3.79. The van der Waals surface area contributed by atoms with Crippen LogP contribution in [0.25, 0.3) is 0 Å². The molecule has 0 aromatic heterocycles. The third-order valence-electron chi connectivity index (χ3n) is 5.50. The Balaban J connectivity index is 1.89. The number of carbonyl (C=O) groups excluding carboxylic acids is 2. The predicted molar refractivity (Wildman–Crippen MR) is 137 cm³/mol. The second kappa shape index (κ2) is 11.1. The van der Waals surface area contributed by atoms with Crippen molar-refractivity contribution in [3.05, 3.63) is 81.0 Å². The van der Waals surface area contributed by atoms with Gasteiger partial charge in [0, 0.05) is 35.6 Å². The lowest BCUT2D eigenvalue weighted by Crippen LogP contribution is -2.47. The number of carbonyl (C=O) groups is 2. The normalized spacial score (nSPS) is 15.6. The Labute approximate surface area is 209 Å². The molecule has 2 aromatic carbocycles. The minimum absolute atomic E-state index is 0.0944. The maximum Gasteiger partial charge on any atom is 0.338 e. The Morgan fingerprint density at radius 2 is 1.91 bits per heavy atom. The third-order valence-corrected chi connectivity index (χ3v) is 5.84. The second-order valence-corrected chi connectivity index (χ2v) is 8.89. The summed E-state index contributed by atoms with van der Waals surface area (Å²) in [4.78, 5) is 37.9. The summed E-state index contributed by atoms with van der Waals surface area (Å²) in [6, 6.07) is 11.9. The quantitative estimate of drug-likeness (QED) is 0.236. The minimum Gasteiger partial charge on any atom is -0.462 e. The van der Waals surface area contributed by atoms with E-state index in [0.29, 0.717) is 29.5 Å². The van der Waals surface area contributed by atoms with Gasteiger partial charge >= 0.3 is 5.97 Å². The summed E-state index contributed by atoms with van der Waals surface area (Å²) >= 11 is 5.53. The molecule has 0 bridgehead atoms. The van der Waals surface area contributed by atoms with Gasteiger partial charge in [0.05, 0.1) is 23.1 Å². The molecule has 0 aliphatic carbocycles. The van der Waals surface area contributed by atoms with Crippen molar-refractivity contribution in [3.63, 3.8) is 0 Å². The van der Waals surface area contributed by atoms with Crippen molar-refractivity contribution in [1.29, 1.82) is 0 Å². The number of anilines is 1. The van der Waals surface area contributed by atoms with Crippen molar-refractivity contribution >= 4 is 40.6 Å². The molecule has 9 nitrogen and oxygen atoms in total. The van der Waals surface area contributed by atoms with E-state index in [4.69, 9.17) is 17.0 Å². The van der Waals surface area contributed by atoms with Crippen LogP contribution in [0.4, 0.5) is 11.4 Å². The number of benzene rings is 2. The predicted octanol–water partition coefficient (Wildman–Crippen LogP) is 4.57. The lowest BCUT2D eigenvalue weighted by Gasteiger charge is -2.37. The summed E-state index contributed by atoms with van der Waals surface area (Å²) in [5.41, 5.74) is 2.59. The molecule has 0 spiro atoms. The van der Waals surface area contributed by atoms with Crippen molar-refractivity contribution in [2.75, 3.05) is 18.5 Å². The van der Waals surface area contributed by atoms with Gasteiger partial charge in [-0.2, -0.15) is 0 Å². The molecule has 0 fully saturated rings. The molecular weight excluding hydrogens is 468 g/mol. The van der Waals surface area contributed by atoms with E-state index in [1.54, 1.807) is 18.2 Å². The third kappa shape index (κ3) is 6.02. The van der Waals surface area contributed by atoms with Gasteiger partial charge < -0.3 is 20.3 Å². The smallest absolute Gasteiger partial charge is 0.338 e. The zero-order valence-electron chi connectivity index (χ0n) is 20.0. The fourth-order valence-corrected chi connectivity index (χ4v) is 4.11. The summed E-state index contributed by atoms with van der Waals surface area (Å²) in [6.45, 7) is 8.62. The number of thiocarbonyl (C=S) groups is 1. The van der Waals surface area contributed by atoms with Gasteiger partial charge in [0.2, 0.25) is 0 Å². The second-order valence-electron chi connectivity index (χ2n) is 8.50. The molecule has 1 aliphatic rings. The largest absolute Gasteiger partial charge is 0.462 e. The molecule has 1 atom stereocenters. The monoisotopic (exact) mass is 496 g/mol. The molecule has 2 N–H and O–H groups in total. The summed E-state index contributed by atoms with van der Waals surface area (Å²) in [5.74, 6) is -0.643. The van der Waals surface area contributed by atoms with Crippen molar-refractivity contribution in [3.8, 4) is 0 Å². The van der Waals surface area contributed by atoms with Gasteiger partial charge in [0.25, 0.3) is 11.6 Å². The highest BCUT2D eigenvalue weighted by atomic mass is 32.1. The molecule has 3 rings (SSSR count). The first-order valence-corrected chi connectivity index (χ1v) is 11.6. The standard InChI is InChI=1S/C25H28N4O5S/c1-5-28-16(4)21(24(31)34-14-15(2)3)22(27-25(28)35)18-7-6-8-19(13-18)26-23(30)17-9-11-20(12-10-17)29(32)33/h6-13,15,22H,5,14H2,1-4H3,(H,26,30)(H,27,35)/t22-/m0/s1. The Morgan fingerprint density at radius 1 is 1.23 bits per heavy atom. The van der Waals surface area contributed by atoms with Crippen LogP contribution in [-0.4, -0.2) is 40.0 Å². The number of esters is 1. The van der Waals surface area contributed by atoms with Gasteiger partial charge in [-0.1, -0.05) is 26.0 Å². The molecule has 35 heavy (non-hydrogen) atoms. The highest BCUT2D eigenvalue weighted by Gasteiger charge is 2.34. The molecule has 2 aromatic rings. The van der Waals surface area contributed by atoms with Crippen LogP contribution in [0.2, 0.25) is 0 Å². The van der Waals surface area contributed by atoms with Gasteiger partial charge in [-0.05, 0) is 61.8 Å². The minimum atomic E-state index is -0.554. The van der Waals surface area contributed by atoms with Crippen LogP contribution in [0.15, 0.2) is 59.8 Å². The zero-order chi connectivity index (χ0) is 25.7. The van der Waals surface area contributed by atoms with Gasteiger partial charge in [0.1, 0.15) is 0 Å².